The first-order chi connectivity index (χ1) is 8.02. The maximum atomic E-state index is 11.7. The minimum Gasteiger partial charge on any atom is -0.368 e. The lowest BCUT2D eigenvalue weighted by Gasteiger charge is -2.21. The fourth-order valence-corrected chi connectivity index (χ4v) is 2.16. The number of rotatable bonds is 2. The van der Waals surface area contributed by atoms with Crippen molar-refractivity contribution in [3.8, 4) is 0 Å². The molecule has 0 aromatic heterocycles. The number of aliphatic hydroxyl groups is 1. The van der Waals surface area contributed by atoms with E-state index in [-0.39, 0.29) is 16.6 Å². The zero-order valence-corrected chi connectivity index (χ0v) is 10.8. The highest BCUT2D eigenvalue weighted by Crippen LogP contribution is 2.31. The van der Waals surface area contributed by atoms with Crippen molar-refractivity contribution in [3.05, 3.63) is 44.9 Å². The average molecular weight is 293 g/mol. The second kappa shape index (κ2) is 4.86. The van der Waals surface area contributed by atoms with E-state index in [1.54, 1.807) is 24.3 Å². The molecule has 1 heterocycles. The molecule has 2 rings (SSSR count). The van der Waals surface area contributed by atoms with Crippen LogP contribution in [0.1, 0.15) is 5.56 Å². The van der Waals surface area contributed by atoms with Gasteiger partial charge in [0, 0.05) is 5.02 Å². The Morgan fingerprint density at radius 1 is 1.24 bits per heavy atom. The van der Waals surface area contributed by atoms with Gasteiger partial charge in [0.15, 0.2) is 6.23 Å². The van der Waals surface area contributed by atoms with Crippen molar-refractivity contribution in [2.24, 2.45) is 0 Å². The number of hydrogen-bond acceptors (Lipinski definition) is 2. The first-order valence-corrected chi connectivity index (χ1v) is 5.93. The summed E-state index contributed by atoms with van der Waals surface area (Å²) in [5.74, 6) is -0.496. The van der Waals surface area contributed by atoms with Crippen molar-refractivity contribution >= 4 is 40.7 Å². The van der Waals surface area contributed by atoms with Gasteiger partial charge in [-0.15, -0.1) is 0 Å². The summed E-state index contributed by atoms with van der Waals surface area (Å²) in [6, 6.07) is 7.06. The molecule has 17 heavy (non-hydrogen) atoms. The Bertz CT molecular complexity index is 501. The highest BCUT2D eigenvalue weighted by molar-refractivity contribution is 6.49. The summed E-state index contributed by atoms with van der Waals surface area (Å²) in [6.07, 6.45) is -1.20. The van der Waals surface area contributed by atoms with Crippen molar-refractivity contribution in [1.29, 1.82) is 0 Å². The zero-order valence-electron chi connectivity index (χ0n) is 8.53. The van der Waals surface area contributed by atoms with E-state index < -0.39 is 12.1 Å². The maximum Gasteiger partial charge on any atom is 0.269 e. The highest BCUT2D eigenvalue weighted by atomic mass is 35.5. The molecule has 0 radical (unpaired) electrons. The molecule has 1 aliphatic rings. The lowest BCUT2D eigenvalue weighted by atomic mass is 10.2. The molecule has 1 unspecified atom stereocenters. The molecule has 6 heteroatoms. The third-order valence-electron chi connectivity index (χ3n) is 2.48. The van der Waals surface area contributed by atoms with Crippen LogP contribution in [0, 0.1) is 0 Å². The SMILES string of the molecule is O=C1C(Cl)=C(Cl)C(O)N1Cc1ccccc1Cl. The average Bonchev–Trinajstić information content (AvgIpc) is 2.50. The molecule has 90 valence electrons. The van der Waals surface area contributed by atoms with Crippen LogP contribution in [-0.4, -0.2) is 22.1 Å². The summed E-state index contributed by atoms with van der Waals surface area (Å²) < 4.78 is 0. The van der Waals surface area contributed by atoms with Crippen LogP contribution in [0.15, 0.2) is 34.3 Å². The summed E-state index contributed by atoms with van der Waals surface area (Å²) in [5, 5.41) is 10.1. The third-order valence-corrected chi connectivity index (χ3v) is 3.69. The highest BCUT2D eigenvalue weighted by Gasteiger charge is 2.36. The van der Waals surface area contributed by atoms with Crippen molar-refractivity contribution in [1.82, 2.24) is 4.90 Å². The monoisotopic (exact) mass is 291 g/mol. The smallest absolute Gasteiger partial charge is 0.269 e. The summed E-state index contributed by atoms with van der Waals surface area (Å²) in [4.78, 5) is 12.8. The van der Waals surface area contributed by atoms with Gasteiger partial charge in [0.25, 0.3) is 5.91 Å². The van der Waals surface area contributed by atoms with Gasteiger partial charge in [0.05, 0.1) is 11.6 Å². The van der Waals surface area contributed by atoms with Gasteiger partial charge >= 0.3 is 0 Å². The number of benzene rings is 1. The number of halogens is 3. The first kappa shape index (κ1) is 12.7. The van der Waals surface area contributed by atoms with Crippen molar-refractivity contribution in [3.63, 3.8) is 0 Å². The predicted octanol–water partition coefficient (Wildman–Crippen LogP) is 2.69. The molecule has 0 bridgehead atoms. The standard InChI is InChI=1S/C11H8Cl3NO2/c12-7-4-2-1-3-6(7)5-15-10(16)8(13)9(14)11(15)17/h1-4,10,16H,5H2. The molecule has 1 aromatic carbocycles. The summed E-state index contributed by atoms with van der Waals surface area (Å²) >= 11 is 17.4. The molecule has 0 saturated carbocycles. The Morgan fingerprint density at radius 2 is 1.88 bits per heavy atom. The molecule has 0 aliphatic carbocycles. The van der Waals surface area contributed by atoms with Gasteiger partial charge < -0.3 is 10.0 Å². The van der Waals surface area contributed by atoms with E-state index in [4.69, 9.17) is 34.8 Å². The van der Waals surface area contributed by atoms with Crippen LogP contribution >= 0.6 is 34.8 Å². The Balaban J connectivity index is 2.23. The lowest BCUT2D eigenvalue weighted by Crippen LogP contribution is -2.34. The van der Waals surface area contributed by atoms with E-state index in [9.17, 15) is 9.90 Å². The molecule has 1 amide bonds. The molecule has 0 spiro atoms. The molecular formula is C11H8Cl3NO2. The summed E-state index contributed by atoms with van der Waals surface area (Å²) in [7, 11) is 0. The van der Waals surface area contributed by atoms with Crippen LogP contribution < -0.4 is 0 Å². The van der Waals surface area contributed by atoms with Crippen LogP contribution in [0.5, 0.6) is 0 Å². The first-order valence-electron chi connectivity index (χ1n) is 4.80. The second-order valence-corrected chi connectivity index (χ2v) is 4.75. The summed E-state index contributed by atoms with van der Waals surface area (Å²) in [5.41, 5.74) is 0.720. The van der Waals surface area contributed by atoms with Crippen LogP contribution in [0.4, 0.5) is 0 Å². The van der Waals surface area contributed by atoms with E-state index in [0.717, 1.165) is 10.5 Å². The molecule has 3 nitrogen and oxygen atoms in total. The van der Waals surface area contributed by atoms with Gasteiger partial charge in [0.2, 0.25) is 0 Å². The normalized spacial score (nSPS) is 20.4. The largest absolute Gasteiger partial charge is 0.368 e. The maximum absolute atomic E-state index is 11.7. The van der Waals surface area contributed by atoms with E-state index in [2.05, 4.69) is 0 Å². The van der Waals surface area contributed by atoms with Gasteiger partial charge in [0.1, 0.15) is 5.03 Å². The number of amides is 1. The molecule has 1 aliphatic heterocycles. The third kappa shape index (κ3) is 2.29. The number of nitrogens with zero attached hydrogens (tertiary/aromatic N) is 1. The lowest BCUT2D eigenvalue weighted by molar-refractivity contribution is -0.132. The molecule has 0 fully saturated rings. The Hall–Kier alpha value is -0.740. The Kier molecular flexibility index (Phi) is 3.64. The van der Waals surface area contributed by atoms with Crippen LogP contribution in [0.25, 0.3) is 0 Å². The summed E-state index contributed by atoms with van der Waals surface area (Å²) in [6.45, 7) is 0.159. The van der Waals surface area contributed by atoms with E-state index in [1.165, 1.54) is 0 Å². The minimum absolute atomic E-state index is 0.0521. The Labute approximate surface area is 113 Å². The number of hydrogen-bond donors (Lipinski definition) is 1. The van der Waals surface area contributed by atoms with E-state index >= 15 is 0 Å². The van der Waals surface area contributed by atoms with Crippen molar-refractivity contribution in [2.75, 3.05) is 0 Å². The quantitative estimate of drug-likeness (QED) is 0.910. The number of carbonyl (C=O) groups is 1. The molecular weight excluding hydrogens is 284 g/mol. The van der Waals surface area contributed by atoms with Gasteiger partial charge in [-0.25, -0.2) is 0 Å². The van der Waals surface area contributed by atoms with Gasteiger partial charge in [-0.2, -0.15) is 0 Å². The van der Waals surface area contributed by atoms with E-state index in [1.807, 2.05) is 0 Å². The van der Waals surface area contributed by atoms with Gasteiger partial charge in [-0.3, -0.25) is 4.79 Å². The predicted molar refractivity (Wildman–Crippen MR) is 66.7 cm³/mol. The van der Waals surface area contributed by atoms with Gasteiger partial charge in [-0.05, 0) is 11.6 Å². The molecule has 0 saturated heterocycles. The number of carbonyl (C=O) groups excluding carboxylic acids is 1. The fraction of sp³-hybridized carbons (Fsp3) is 0.182. The van der Waals surface area contributed by atoms with E-state index in [0.29, 0.717) is 5.02 Å². The molecule has 1 N–H and O–H groups in total. The van der Waals surface area contributed by atoms with Crippen LogP contribution in [0.3, 0.4) is 0 Å². The molecule has 1 atom stereocenters. The topological polar surface area (TPSA) is 40.5 Å². The van der Waals surface area contributed by atoms with Gasteiger partial charge in [-0.1, -0.05) is 53.0 Å². The van der Waals surface area contributed by atoms with Crippen LogP contribution in [0.2, 0.25) is 5.02 Å². The molecule has 1 aromatic rings. The fourth-order valence-electron chi connectivity index (χ4n) is 1.56. The van der Waals surface area contributed by atoms with Crippen LogP contribution in [-0.2, 0) is 11.3 Å². The minimum atomic E-state index is -1.20. The zero-order chi connectivity index (χ0) is 12.6. The van der Waals surface area contributed by atoms with Crippen molar-refractivity contribution < 1.29 is 9.90 Å². The number of aliphatic hydroxyl groups excluding tert-OH is 1. The second-order valence-electron chi connectivity index (χ2n) is 3.56. The van der Waals surface area contributed by atoms with Crippen molar-refractivity contribution in [2.45, 2.75) is 12.8 Å². The Morgan fingerprint density at radius 3 is 2.41 bits per heavy atom.